The monoisotopic (exact) mass is 833 g/mol. The summed E-state index contributed by atoms with van der Waals surface area (Å²) < 4.78 is 21.0. The molecule has 5 aliphatic rings. The molecule has 7 N–H and O–H groups in total. The summed E-state index contributed by atoms with van der Waals surface area (Å²) in [5.41, 5.74) is 18.9. The molecule has 2 aromatic heterocycles. The van der Waals surface area contributed by atoms with Gasteiger partial charge in [-0.15, -0.1) is 0 Å². The minimum Gasteiger partial charge on any atom is -0.507 e. The van der Waals surface area contributed by atoms with Crippen LogP contribution in [0.1, 0.15) is 58.1 Å². The number of aryl methyl sites for hydroxylation is 2. The number of quaternary nitrogens is 1. The normalized spacial score (nSPS) is 24.2. The van der Waals surface area contributed by atoms with E-state index in [4.69, 9.17) is 24.9 Å². The van der Waals surface area contributed by atoms with Gasteiger partial charge in [-0.25, -0.2) is 20.6 Å². The fourth-order valence-corrected chi connectivity index (χ4v) is 8.92. The van der Waals surface area contributed by atoms with Crippen LogP contribution in [0.25, 0.3) is 16.7 Å². The number of allylic oxidation sites excluding steroid dienone is 1. The largest absolute Gasteiger partial charge is 0.507 e. The number of nitrogens with zero attached hydrogens (tertiary/aromatic N) is 6. The summed E-state index contributed by atoms with van der Waals surface area (Å²) >= 11 is 0. The van der Waals surface area contributed by atoms with E-state index in [1.54, 1.807) is 23.8 Å². The number of ether oxygens (including phenoxy) is 3. The second-order valence-corrected chi connectivity index (χ2v) is 16.5. The zero-order valence-corrected chi connectivity index (χ0v) is 34.7. The quantitative estimate of drug-likeness (QED) is 0.163. The number of rotatable bonds is 8. The molecule has 17 heteroatoms. The molecule has 320 valence electrons. The molecule has 0 unspecified atom stereocenters. The van der Waals surface area contributed by atoms with Crippen LogP contribution in [-0.4, -0.2) is 125 Å². The first-order valence-electron chi connectivity index (χ1n) is 20.9. The van der Waals surface area contributed by atoms with Crippen molar-refractivity contribution in [3.05, 3.63) is 106 Å². The van der Waals surface area contributed by atoms with Gasteiger partial charge in [-0.05, 0) is 61.7 Å². The third kappa shape index (κ3) is 8.26. The first kappa shape index (κ1) is 40.4. The van der Waals surface area contributed by atoms with Gasteiger partial charge in [0.2, 0.25) is 5.91 Å². The molecule has 2 aromatic carbocycles. The van der Waals surface area contributed by atoms with Gasteiger partial charge in [0.25, 0.3) is 5.91 Å². The highest BCUT2D eigenvalue weighted by atomic mass is 16.7. The van der Waals surface area contributed by atoms with E-state index in [0.29, 0.717) is 82.6 Å². The highest BCUT2D eigenvalue weighted by Crippen LogP contribution is 2.33. The number of anilines is 1. The Morgan fingerprint density at radius 1 is 1.00 bits per heavy atom. The standard InChI is InChI=1S/C44H52N10O7/c1-26-16-29(38-22-52(21-28(3)61-38)36-18-35(48-49-41(36)45)33-6-4-5-7-37(33)55)8-9-32(26)43(57)51-14-12-50(13-15-51)23-40-59-24-31(25-60-40)54-20-27(2)34-17-30(19-46-42(34)54)53-11-10-39(56)47-44(53)58/h4-9,16-20,28,31,38,40,48-49,55H,10-15,21-25,45H2,1-3H3,(H,47,56,58)/p+1/t28-,31?,38-,40?/m0/s1. The molecule has 17 nitrogen and oxygen atoms in total. The second-order valence-electron chi connectivity index (χ2n) is 16.5. The number of carbonyl (C=O) groups excluding carboxylic acids is 3. The van der Waals surface area contributed by atoms with Gasteiger partial charge in [-0.3, -0.25) is 24.7 Å². The number of hydrogen-bond donors (Lipinski definition) is 5. The van der Waals surface area contributed by atoms with E-state index in [1.165, 1.54) is 4.90 Å². The fourth-order valence-electron chi connectivity index (χ4n) is 8.92. The van der Waals surface area contributed by atoms with Gasteiger partial charge in [0.15, 0.2) is 17.8 Å². The third-order valence-electron chi connectivity index (χ3n) is 12.2. The number of pyridine rings is 1. The molecular weight excluding hydrogens is 781 g/mol. The molecule has 0 aliphatic carbocycles. The average molecular weight is 834 g/mol. The molecule has 0 bridgehead atoms. The Morgan fingerprint density at radius 2 is 1.79 bits per heavy atom. The van der Waals surface area contributed by atoms with E-state index in [-0.39, 0.29) is 48.5 Å². The molecule has 4 fully saturated rings. The highest BCUT2D eigenvalue weighted by molar-refractivity contribution is 6.06. The fraction of sp³-hybridized carbons (Fsp3) is 0.409. The van der Waals surface area contributed by atoms with Gasteiger partial charge in [0.05, 0.1) is 48.5 Å². The molecule has 4 amide bonds. The molecule has 5 aliphatic heterocycles. The Kier molecular flexibility index (Phi) is 11.1. The second kappa shape index (κ2) is 16.8. The Morgan fingerprint density at radius 3 is 2.54 bits per heavy atom. The molecule has 4 aromatic rings. The lowest BCUT2D eigenvalue weighted by Crippen LogP contribution is -2.91. The van der Waals surface area contributed by atoms with Crippen molar-refractivity contribution >= 4 is 40.3 Å². The van der Waals surface area contributed by atoms with Crippen LogP contribution in [0.5, 0.6) is 5.75 Å². The lowest BCUT2D eigenvalue weighted by Gasteiger charge is -2.40. The number of fused-ring (bicyclic) bond motifs is 1. The van der Waals surface area contributed by atoms with Gasteiger partial charge < -0.3 is 39.4 Å². The van der Waals surface area contributed by atoms with Crippen LogP contribution in [0.3, 0.4) is 0 Å². The number of imide groups is 1. The maximum Gasteiger partial charge on any atom is 0.328 e. The van der Waals surface area contributed by atoms with E-state index >= 15 is 0 Å². The summed E-state index contributed by atoms with van der Waals surface area (Å²) in [6.07, 6.45) is 5.28. The van der Waals surface area contributed by atoms with Gasteiger partial charge in [0.1, 0.15) is 17.5 Å². The number of para-hydroxylation sites is 1. The third-order valence-corrected chi connectivity index (χ3v) is 12.2. The number of aromatic hydroxyl groups is 1. The lowest BCUT2D eigenvalue weighted by molar-refractivity contribution is -0.619. The van der Waals surface area contributed by atoms with Crippen molar-refractivity contribution in [2.75, 3.05) is 70.5 Å². The molecular formula is C44H53N10O7+. The number of amides is 4. The van der Waals surface area contributed by atoms with Crippen LogP contribution in [0.4, 0.5) is 10.5 Å². The number of nitrogens with one attached hydrogen (secondary N) is 2. The van der Waals surface area contributed by atoms with Gasteiger partial charge in [-0.1, -0.05) is 24.3 Å². The number of aromatic nitrogens is 2. The first-order valence-corrected chi connectivity index (χ1v) is 20.9. The molecule has 0 saturated carbocycles. The molecule has 9 rings (SSSR count). The number of benzene rings is 2. The highest BCUT2D eigenvalue weighted by Gasteiger charge is 2.33. The van der Waals surface area contributed by atoms with Crippen LogP contribution < -0.4 is 26.8 Å². The van der Waals surface area contributed by atoms with E-state index in [9.17, 15) is 19.5 Å². The van der Waals surface area contributed by atoms with E-state index in [0.717, 1.165) is 44.7 Å². The molecule has 0 spiro atoms. The van der Waals surface area contributed by atoms with Crippen LogP contribution in [0.2, 0.25) is 0 Å². The maximum absolute atomic E-state index is 13.8. The molecule has 4 saturated heterocycles. The van der Waals surface area contributed by atoms with Crippen molar-refractivity contribution in [1.82, 2.24) is 35.0 Å². The number of carbonyl (C=O) groups is 3. The maximum atomic E-state index is 13.8. The van der Waals surface area contributed by atoms with Gasteiger partial charge >= 0.3 is 6.03 Å². The van der Waals surface area contributed by atoms with Crippen LogP contribution in [-0.2, 0) is 19.0 Å². The number of urea groups is 1. The van der Waals surface area contributed by atoms with Gasteiger partial charge in [0, 0.05) is 82.0 Å². The smallest absolute Gasteiger partial charge is 0.328 e. The average Bonchev–Trinajstić information content (AvgIpc) is 3.59. The van der Waals surface area contributed by atoms with Crippen molar-refractivity contribution in [2.45, 2.75) is 51.7 Å². The predicted octanol–water partition coefficient (Wildman–Crippen LogP) is 2.19. The summed E-state index contributed by atoms with van der Waals surface area (Å²) in [4.78, 5) is 50.5. The number of morpholine rings is 1. The number of piperazine rings is 1. The first-order chi connectivity index (χ1) is 29.5. The zero-order valence-electron chi connectivity index (χ0n) is 34.7. The van der Waals surface area contributed by atoms with Gasteiger partial charge in [-0.2, -0.15) is 0 Å². The summed E-state index contributed by atoms with van der Waals surface area (Å²) in [6, 6.07) is 14.7. The van der Waals surface area contributed by atoms with Crippen LogP contribution in [0, 0.1) is 13.8 Å². The Balaban J connectivity index is 0.772. The van der Waals surface area contributed by atoms with E-state index in [1.807, 2.05) is 68.3 Å². The van der Waals surface area contributed by atoms with E-state index in [2.05, 4.69) is 31.2 Å². The summed E-state index contributed by atoms with van der Waals surface area (Å²) in [7, 11) is 0. The topological polar surface area (TPSA) is 197 Å². The summed E-state index contributed by atoms with van der Waals surface area (Å²) in [6.45, 7) is 11.7. The lowest BCUT2D eigenvalue weighted by atomic mass is 9.99. The minimum absolute atomic E-state index is 0.0184. The van der Waals surface area contributed by atoms with Crippen molar-refractivity contribution in [3.63, 3.8) is 0 Å². The van der Waals surface area contributed by atoms with Crippen molar-refractivity contribution in [1.29, 1.82) is 0 Å². The predicted molar refractivity (Wildman–Crippen MR) is 225 cm³/mol. The van der Waals surface area contributed by atoms with Crippen molar-refractivity contribution in [3.8, 4) is 5.75 Å². The Hall–Kier alpha value is -5.98. The Labute approximate surface area is 353 Å². The number of nitrogens with two attached hydrogens (primary N) is 2. The zero-order chi connectivity index (χ0) is 42.4. The summed E-state index contributed by atoms with van der Waals surface area (Å²) in [5, 5.41) is 13.8. The minimum atomic E-state index is -0.436. The SMILES string of the molecule is Cc1cc([C@@H]2CN(C3=C(N)N[NH2+]C(c4ccccc4O)=C3)C[C@H](C)O2)ccc1C(=O)N1CCN(CC2OCC(n3cc(C)c4cc(N5CCC(=O)NC5=O)cnc43)CO2)CC1. The summed E-state index contributed by atoms with van der Waals surface area (Å²) in [5.74, 6) is 0.485. The molecule has 2 atom stereocenters. The number of hydrogen-bond acceptors (Lipinski definition) is 12. The van der Waals surface area contributed by atoms with Crippen molar-refractivity contribution in [2.24, 2.45) is 5.73 Å². The molecule has 61 heavy (non-hydrogen) atoms. The number of phenols is 1. The van der Waals surface area contributed by atoms with Crippen LogP contribution in [0.15, 0.2) is 78.5 Å². The van der Waals surface area contributed by atoms with Crippen LogP contribution >= 0.6 is 0 Å². The van der Waals surface area contributed by atoms with Crippen molar-refractivity contribution < 1.29 is 39.1 Å². The molecule has 0 radical (unpaired) electrons. The Bertz CT molecular complexity index is 2420. The molecule has 7 heterocycles. The van der Waals surface area contributed by atoms with E-state index < -0.39 is 6.03 Å². The number of phenolic OH excluding ortho intramolecular Hbond substituents is 1.